The Balaban J connectivity index is 1.24. The minimum atomic E-state index is -0.146. The Kier molecular flexibility index (Phi) is 10.3. The fraction of sp³-hybridized carbons (Fsp3) is 0.354. The summed E-state index contributed by atoms with van der Waals surface area (Å²) in [5.41, 5.74) is 21.2. The molecule has 0 saturated heterocycles. The van der Waals surface area contributed by atoms with Gasteiger partial charge in [-0.15, -0.1) is 0 Å². The van der Waals surface area contributed by atoms with E-state index in [-0.39, 0.29) is 33.9 Å². The van der Waals surface area contributed by atoms with Crippen LogP contribution in [0.1, 0.15) is 144 Å². The van der Waals surface area contributed by atoms with Crippen LogP contribution in [0.2, 0.25) is 0 Å². The van der Waals surface area contributed by atoms with Crippen molar-refractivity contribution in [3.05, 3.63) is 161 Å². The summed E-state index contributed by atoms with van der Waals surface area (Å²) in [6, 6.07) is 49.5. The number of fused-ring (bicyclic) bond motifs is 10. The molecule has 356 valence electrons. The Hall–Kier alpha value is -6.20. The summed E-state index contributed by atoms with van der Waals surface area (Å²) in [5, 5.41) is 2.51. The Morgan fingerprint density at radius 2 is 1.06 bits per heavy atom. The minimum Gasteiger partial charge on any atom is -0.458 e. The molecule has 0 spiro atoms. The molecule has 0 radical (unpaired) electrons. The van der Waals surface area contributed by atoms with Gasteiger partial charge in [0.2, 0.25) is 0 Å². The standard InChI is InChI=1S/C65H72BN3O/c1-61(2,3)41-20-27-45(28-21-41)67(46-29-22-42(23-30-46)62(4,5)6)48-38-55-58-56(39-48)70-60-51(34-36-54-57(60)50-33-19-40-17-16-18-49(40)59(50)69(54)65(13,14)15)66(58)52-37-44(64(10,11)12)26-35-53(52)68(55)47-31-24-43(25-32-47)63(7,8)9/h19-39H,16-18H2,1-15H3. The highest BCUT2D eigenvalue weighted by Crippen LogP contribution is 2.50. The van der Waals surface area contributed by atoms with Crippen molar-refractivity contribution >= 4 is 79.0 Å². The number of anilines is 6. The number of nitrogens with zero attached hydrogens (tertiary/aromatic N) is 3. The molecule has 3 aliphatic rings. The van der Waals surface area contributed by atoms with Gasteiger partial charge in [0.05, 0.1) is 16.7 Å². The molecule has 7 aromatic carbocycles. The SMILES string of the molecule is CC(C)(C)c1ccc(N(c2ccc(C(C)(C)C)cc2)c2cc3c4c(c2)N(c2ccc(C(C)(C)C)cc2)c2ccc(C(C)(C)C)cc2B4c2ccc4c(c2O3)c2ccc3c(c2n4C(C)(C)C)CCC3)cc1. The maximum Gasteiger partial charge on any atom is 0.256 e. The van der Waals surface area contributed by atoms with E-state index in [9.17, 15) is 0 Å². The Morgan fingerprint density at radius 1 is 0.500 bits per heavy atom. The van der Waals surface area contributed by atoms with Crippen LogP contribution < -0.4 is 30.9 Å². The predicted octanol–water partition coefficient (Wildman–Crippen LogP) is 16.1. The average molecular weight is 922 g/mol. The molecule has 3 heterocycles. The van der Waals surface area contributed by atoms with E-state index in [2.05, 4.69) is 246 Å². The van der Waals surface area contributed by atoms with Crippen LogP contribution in [0.15, 0.2) is 127 Å². The van der Waals surface area contributed by atoms with E-state index in [4.69, 9.17) is 4.74 Å². The number of aromatic nitrogens is 1. The van der Waals surface area contributed by atoms with E-state index in [1.165, 1.54) is 83.7 Å². The third kappa shape index (κ3) is 7.48. The van der Waals surface area contributed by atoms with Crippen LogP contribution >= 0.6 is 0 Å². The van der Waals surface area contributed by atoms with Crippen molar-refractivity contribution in [1.29, 1.82) is 0 Å². The fourth-order valence-corrected chi connectivity index (χ4v) is 11.8. The fourth-order valence-electron chi connectivity index (χ4n) is 11.8. The van der Waals surface area contributed by atoms with E-state index in [1.54, 1.807) is 0 Å². The number of hydrogen-bond acceptors (Lipinski definition) is 3. The van der Waals surface area contributed by atoms with Gasteiger partial charge in [0.15, 0.2) is 0 Å². The molecule has 0 atom stereocenters. The van der Waals surface area contributed by atoms with Gasteiger partial charge >= 0.3 is 0 Å². The first-order valence-electron chi connectivity index (χ1n) is 25.9. The van der Waals surface area contributed by atoms with Crippen molar-refractivity contribution in [2.75, 3.05) is 9.80 Å². The van der Waals surface area contributed by atoms with Gasteiger partial charge in [-0.05, 0) is 166 Å². The number of benzene rings is 7. The molecule has 2 aliphatic heterocycles. The van der Waals surface area contributed by atoms with Crippen molar-refractivity contribution in [1.82, 2.24) is 4.57 Å². The van der Waals surface area contributed by atoms with Gasteiger partial charge in [-0.3, -0.25) is 0 Å². The highest BCUT2D eigenvalue weighted by atomic mass is 16.5. The van der Waals surface area contributed by atoms with Crippen molar-refractivity contribution in [3.8, 4) is 11.5 Å². The lowest BCUT2D eigenvalue weighted by molar-refractivity contribution is 0.422. The van der Waals surface area contributed by atoms with Crippen LogP contribution in [0.3, 0.4) is 0 Å². The summed E-state index contributed by atoms with van der Waals surface area (Å²) >= 11 is 0. The van der Waals surface area contributed by atoms with Crippen molar-refractivity contribution in [3.63, 3.8) is 0 Å². The second kappa shape index (κ2) is 15.7. The van der Waals surface area contributed by atoms with Crippen LogP contribution in [0.4, 0.5) is 34.1 Å². The largest absolute Gasteiger partial charge is 0.458 e. The molecular weight excluding hydrogens is 850 g/mol. The van der Waals surface area contributed by atoms with Crippen molar-refractivity contribution < 1.29 is 4.74 Å². The zero-order chi connectivity index (χ0) is 49.6. The van der Waals surface area contributed by atoms with Crippen LogP contribution in [-0.4, -0.2) is 11.3 Å². The molecule has 8 aromatic rings. The van der Waals surface area contributed by atoms with Crippen LogP contribution in [-0.2, 0) is 40.0 Å². The van der Waals surface area contributed by atoms with Crippen LogP contribution in [0.25, 0.3) is 21.8 Å². The van der Waals surface area contributed by atoms with Crippen LogP contribution in [0.5, 0.6) is 11.5 Å². The maximum atomic E-state index is 7.78. The molecular formula is C65H72BN3O. The number of ether oxygens (including phenoxy) is 1. The van der Waals surface area contributed by atoms with E-state index in [0.29, 0.717) is 0 Å². The normalized spacial score (nSPS) is 14.7. The molecule has 0 saturated carbocycles. The lowest BCUT2D eigenvalue weighted by Gasteiger charge is -2.42. The predicted molar refractivity (Wildman–Crippen MR) is 302 cm³/mol. The zero-order valence-electron chi connectivity index (χ0n) is 44.6. The molecule has 5 heteroatoms. The molecule has 0 fully saturated rings. The summed E-state index contributed by atoms with van der Waals surface area (Å²) in [6.45, 7) is 34.7. The quantitative estimate of drug-likeness (QED) is 0.164. The van der Waals surface area contributed by atoms with Crippen LogP contribution in [0, 0.1) is 0 Å². The zero-order valence-corrected chi connectivity index (χ0v) is 44.6. The Bertz CT molecular complexity index is 3320. The second-order valence-electron chi connectivity index (χ2n) is 25.8. The van der Waals surface area contributed by atoms with Gasteiger partial charge < -0.3 is 19.1 Å². The molecule has 11 rings (SSSR count). The topological polar surface area (TPSA) is 20.6 Å². The smallest absolute Gasteiger partial charge is 0.256 e. The number of rotatable bonds is 4. The van der Waals surface area contributed by atoms with Crippen molar-refractivity contribution in [2.45, 2.75) is 150 Å². The molecule has 0 N–H and O–H groups in total. The maximum absolute atomic E-state index is 7.78. The Morgan fingerprint density at radius 3 is 1.61 bits per heavy atom. The highest BCUT2D eigenvalue weighted by molar-refractivity contribution is 6.99. The monoisotopic (exact) mass is 922 g/mol. The van der Waals surface area contributed by atoms with E-state index < -0.39 is 0 Å². The molecule has 0 amide bonds. The van der Waals surface area contributed by atoms with E-state index >= 15 is 0 Å². The average Bonchev–Trinajstić information content (AvgIpc) is 3.91. The first-order chi connectivity index (χ1) is 32.9. The van der Waals surface area contributed by atoms with Gasteiger partial charge in [-0.25, -0.2) is 0 Å². The summed E-state index contributed by atoms with van der Waals surface area (Å²) < 4.78 is 10.4. The third-order valence-electron chi connectivity index (χ3n) is 15.7. The van der Waals surface area contributed by atoms with E-state index in [1.807, 2.05) is 0 Å². The molecule has 0 unspecified atom stereocenters. The molecule has 4 nitrogen and oxygen atoms in total. The molecule has 1 aliphatic carbocycles. The van der Waals surface area contributed by atoms with Gasteiger partial charge in [0, 0.05) is 50.8 Å². The first-order valence-corrected chi connectivity index (χ1v) is 25.9. The minimum absolute atomic E-state index is 0.0226. The second-order valence-corrected chi connectivity index (χ2v) is 25.8. The summed E-state index contributed by atoms with van der Waals surface area (Å²) in [5.74, 6) is 1.89. The van der Waals surface area contributed by atoms with Gasteiger partial charge in [0.25, 0.3) is 6.71 Å². The lowest BCUT2D eigenvalue weighted by atomic mass is 9.34. The molecule has 70 heavy (non-hydrogen) atoms. The van der Waals surface area contributed by atoms with E-state index in [0.717, 1.165) is 52.8 Å². The lowest BCUT2D eigenvalue weighted by Crippen LogP contribution is -2.59. The van der Waals surface area contributed by atoms with Gasteiger partial charge in [-0.2, -0.15) is 0 Å². The summed E-state index contributed by atoms with van der Waals surface area (Å²) in [4.78, 5) is 4.97. The molecule has 1 aromatic heterocycles. The van der Waals surface area contributed by atoms with Gasteiger partial charge in [-0.1, -0.05) is 150 Å². The molecule has 0 bridgehead atoms. The third-order valence-corrected chi connectivity index (χ3v) is 15.7. The first kappa shape index (κ1) is 46.2. The van der Waals surface area contributed by atoms with Crippen molar-refractivity contribution in [2.24, 2.45) is 0 Å². The highest BCUT2D eigenvalue weighted by Gasteiger charge is 2.44. The number of aryl methyl sites for hydroxylation is 2. The number of hydrogen-bond donors (Lipinski definition) is 0. The summed E-state index contributed by atoms with van der Waals surface area (Å²) in [7, 11) is 0. The Labute approximate surface area is 418 Å². The summed E-state index contributed by atoms with van der Waals surface area (Å²) in [6.07, 6.45) is 3.45. The van der Waals surface area contributed by atoms with Gasteiger partial charge in [0.1, 0.15) is 11.5 Å².